The van der Waals surface area contributed by atoms with Crippen LogP contribution in [0.25, 0.3) is 33.2 Å². The predicted molar refractivity (Wildman–Crippen MR) is 306 cm³/mol. The molecular formula is C68H65BN2O. The lowest BCUT2D eigenvalue weighted by molar-refractivity contribution is 0.577. The van der Waals surface area contributed by atoms with Crippen LogP contribution in [0.5, 0.6) is 0 Å². The number of anilines is 6. The van der Waals surface area contributed by atoms with E-state index in [2.05, 4.69) is 258 Å². The molecule has 4 heteroatoms. The molecule has 13 rings (SSSR count). The second kappa shape index (κ2) is 14.8. The van der Waals surface area contributed by atoms with Crippen molar-refractivity contribution in [2.45, 2.75) is 117 Å². The van der Waals surface area contributed by atoms with Gasteiger partial charge in [-0.25, -0.2) is 0 Å². The molecular weight excluding hydrogens is 872 g/mol. The van der Waals surface area contributed by atoms with Gasteiger partial charge in [0.1, 0.15) is 11.3 Å². The van der Waals surface area contributed by atoms with Crippen molar-refractivity contribution < 1.29 is 4.42 Å². The lowest BCUT2D eigenvalue weighted by Crippen LogP contribution is -2.61. The Morgan fingerprint density at radius 1 is 0.389 bits per heavy atom. The Morgan fingerprint density at radius 3 is 1.38 bits per heavy atom. The maximum Gasteiger partial charge on any atom is 0.252 e. The first-order valence-electron chi connectivity index (χ1n) is 26.2. The lowest BCUT2D eigenvalue weighted by atomic mass is 9.33. The lowest BCUT2D eigenvalue weighted by Gasteiger charge is -2.46. The highest BCUT2D eigenvalue weighted by atomic mass is 16.3. The van der Waals surface area contributed by atoms with Crippen molar-refractivity contribution in [3.8, 4) is 22.3 Å². The van der Waals surface area contributed by atoms with Gasteiger partial charge in [0.25, 0.3) is 6.71 Å². The molecule has 356 valence electrons. The minimum atomic E-state index is -0.561. The van der Waals surface area contributed by atoms with Gasteiger partial charge >= 0.3 is 0 Å². The predicted octanol–water partition coefficient (Wildman–Crippen LogP) is 16.4. The molecule has 0 N–H and O–H groups in total. The maximum absolute atomic E-state index is 6.51. The van der Waals surface area contributed by atoms with Crippen molar-refractivity contribution in [3.05, 3.63) is 208 Å². The molecule has 0 saturated heterocycles. The van der Waals surface area contributed by atoms with Gasteiger partial charge in [-0.05, 0) is 178 Å². The topological polar surface area (TPSA) is 19.6 Å². The van der Waals surface area contributed by atoms with Crippen LogP contribution in [0.2, 0.25) is 0 Å². The molecule has 0 radical (unpaired) electrons. The van der Waals surface area contributed by atoms with E-state index in [0.717, 1.165) is 16.7 Å². The van der Waals surface area contributed by atoms with E-state index in [0.29, 0.717) is 0 Å². The van der Waals surface area contributed by atoms with Crippen LogP contribution in [-0.4, -0.2) is 6.71 Å². The molecule has 1 spiro atoms. The summed E-state index contributed by atoms with van der Waals surface area (Å²) in [6.07, 6.45) is 0. The Labute approximate surface area is 427 Å². The van der Waals surface area contributed by atoms with Crippen molar-refractivity contribution in [2.24, 2.45) is 0 Å². The molecule has 3 nitrogen and oxygen atoms in total. The molecule has 0 fully saturated rings. The van der Waals surface area contributed by atoms with Gasteiger partial charge in [0, 0.05) is 39.5 Å². The number of hydrogen-bond donors (Lipinski definition) is 0. The van der Waals surface area contributed by atoms with E-state index in [4.69, 9.17) is 4.42 Å². The summed E-state index contributed by atoms with van der Waals surface area (Å²) in [4.78, 5) is 5.24. The monoisotopic (exact) mass is 937 g/mol. The third kappa shape index (κ3) is 6.30. The van der Waals surface area contributed by atoms with E-state index in [1.165, 1.54) is 117 Å². The molecule has 1 aromatic heterocycles. The normalized spacial score (nSPS) is 16.4. The van der Waals surface area contributed by atoms with Crippen molar-refractivity contribution in [2.75, 3.05) is 9.80 Å². The molecule has 72 heavy (non-hydrogen) atoms. The van der Waals surface area contributed by atoms with Crippen molar-refractivity contribution in [1.82, 2.24) is 0 Å². The second-order valence-corrected chi connectivity index (χ2v) is 25.5. The fourth-order valence-corrected chi connectivity index (χ4v) is 13.0. The first-order chi connectivity index (χ1) is 34.1. The molecule has 4 aliphatic rings. The van der Waals surface area contributed by atoms with Gasteiger partial charge < -0.3 is 14.2 Å². The van der Waals surface area contributed by atoms with Gasteiger partial charge in [-0.15, -0.1) is 0 Å². The summed E-state index contributed by atoms with van der Waals surface area (Å²) in [6, 6.07) is 62.0. The quantitative estimate of drug-likeness (QED) is 0.161. The highest BCUT2D eigenvalue weighted by Crippen LogP contribution is 2.64. The minimum absolute atomic E-state index is 0.0139. The Morgan fingerprint density at radius 2 is 0.847 bits per heavy atom. The Balaban J connectivity index is 1.17. The standard InChI is InChI=1S/C68H65BN2O/c1-40-32-41-33-50-48-18-14-16-20-52(48)68(55(50)39-62(41)72-40)53-21-17-15-19-49(53)51-37-59-57(38-54(51)68)69-56-31-26-44(66(8,9)10)34-58(56)70(46-27-22-42(23-28-46)64(2,3)4)60-35-45(67(11,12)13)36-61(63(60)69)71(59)47-29-24-43(25-30-47)65(5,6)7/h14-39H,1-13H3. The van der Waals surface area contributed by atoms with E-state index in [-0.39, 0.29) is 28.4 Å². The number of hydrogen-bond acceptors (Lipinski definition) is 3. The van der Waals surface area contributed by atoms with Gasteiger partial charge in [-0.2, -0.15) is 0 Å². The molecule has 0 amide bonds. The zero-order chi connectivity index (χ0) is 50.2. The molecule has 1 unspecified atom stereocenters. The average Bonchev–Trinajstić information content (AvgIpc) is 3.95. The third-order valence-corrected chi connectivity index (χ3v) is 16.8. The van der Waals surface area contributed by atoms with Gasteiger partial charge in [0.2, 0.25) is 0 Å². The Kier molecular flexibility index (Phi) is 9.21. The molecule has 3 heterocycles. The molecule has 0 bridgehead atoms. The average molecular weight is 937 g/mol. The molecule has 8 aromatic carbocycles. The molecule has 0 saturated carbocycles. The number of rotatable bonds is 2. The number of aryl methyl sites for hydroxylation is 1. The maximum atomic E-state index is 6.51. The van der Waals surface area contributed by atoms with Gasteiger partial charge in [-0.1, -0.05) is 174 Å². The number of fused-ring (bicyclic) bond motifs is 15. The first kappa shape index (κ1) is 44.9. The summed E-state index contributed by atoms with van der Waals surface area (Å²) in [5.74, 6) is 0.932. The summed E-state index contributed by atoms with van der Waals surface area (Å²) in [5.41, 5.74) is 27.3. The van der Waals surface area contributed by atoms with Crippen LogP contribution in [0.15, 0.2) is 162 Å². The molecule has 2 aliphatic heterocycles. The van der Waals surface area contributed by atoms with Gasteiger partial charge in [0.15, 0.2) is 0 Å². The number of nitrogens with zero attached hydrogens (tertiary/aromatic N) is 2. The molecule has 2 aliphatic carbocycles. The van der Waals surface area contributed by atoms with Crippen LogP contribution in [0, 0.1) is 6.92 Å². The van der Waals surface area contributed by atoms with Crippen LogP contribution in [0.4, 0.5) is 34.1 Å². The van der Waals surface area contributed by atoms with E-state index in [9.17, 15) is 0 Å². The van der Waals surface area contributed by atoms with E-state index < -0.39 is 5.41 Å². The zero-order valence-corrected chi connectivity index (χ0v) is 44.4. The Hall–Kier alpha value is -7.04. The van der Waals surface area contributed by atoms with Crippen LogP contribution >= 0.6 is 0 Å². The summed E-state index contributed by atoms with van der Waals surface area (Å²) in [5, 5.41) is 1.15. The van der Waals surface area contributed by atoms with Gasteiger partial charge in [0.05, 0.1) is 5.41 Å². The van der Waals surface area contributed by atoms with Crippen molar-refractivity contribution in [3.63, 3.8) is 0 Å². The molecule has 1 atom stereocenters. The van der Waals surface area contributed by atoms with Crippen molar-refractivity contribution >= 4 is 68.2 Å². The van der Waals surface area contributed by atoms with Crippen LogP contribution in [0.3, 0.4) is 0 Å². The fourth-order valence-electron chi connectivity index (χ4n) is 13.0. The minimum Gasteiger partial charge on any atom is -0.461 e. The van der Waals surface area contributed by atoms with Gasteiger partial charge in [-0.3, -0.25) is 0 Å². The van der Waals surface area contributed by atoms with Crippen molar-refractivity contribution in [1.29, 1.82) is 0 Å². The van der Waals surface area contributed by atoms with Crippen LogP contribution in [0.1, 0.15) is 133 Å². The van der Waals surface area contributed by atoms with E-state index >= 15 is 0 Å². The SMILES string of the molecule is Cc1cc2cc3c(cc2o1)C1(c2ccccc2-c2cc4c(cc21)B1c2ccc(C(C)(C)C)cc2N(c2ccc(C(C)(C)C)cc2)c2cc(C(C)(C)C)cc(c21)N4c1ccc(C(C)(C)C)cc1)c1ccccc1-3. The highest BCUT2D eigenvalue weighted by Gasteiger charge is 2.54. The van der Waals surface area contributed by atoms with E-state index in [1.54, 1.807) is 0 Å². The van der Waals surface area contributed by atoms with Crippen LogP contribution < -0.4 is 26.2 Å². The Bertz CT molecular complexity index is 3750. The highest BCUT2D eigenvalue weighted by molar-refractivity contribution is 7.00. The zero-order valence-electron chi connectivity index (χ0n) is 44.4. The summed E-state index contributed by atoms with van der Waals surface area (Å²) >= 11 is 0. The second-order valence-electron chi connectivity index (χ2n) is 25.5. The molecule has 9 aromatic rings. The number of benzene rings is 8. The fraction of sp³-hybridized carbons (Fsp3) is 0.265. The summed E-state index contributed by atoms with van der Waals surface area (Å²) in [6.45, 7) is 30.0. The summed E-state index contributed by atoms with van der Waals surface area (Å²) in [7, 11) is 0. The number of furan rings is 1. The smallest absolute Gasteiger partial charge is 0.252 e. The van der Waals surface area contributed by atoms with Crippen LogP contribution in [-0.2, 0) is 27.1 Å². The first-order valence-corrected chi connectivity index (χ1v) is 26.2. The largest absolute Gasteiger partial charge is 0.461 e. The third-order valence-electron chi connectivity index (χ3n) is 16.8. The summed E-state index contributed by atoms with van der Waals surface area (Å²) < 4.78 is 6.51. The van der Waals surface area contributed by atoms with E-state index in [1.807, 2.05) is 0 Å².